The second-order valence-corrected chi connectivity index (χ2v) is 6.76. The molecule has 1 saturated carbocycles. The average Bonchev–Trinajstić information content (AvgIpc) is 2.62. The summed E-state index contributed by atoms with van der Waals surface area (Å²) in [6.45, 7) is 3.88. The monoisotopic (exact) mass is 363 g/mol. The van der Waals surface area contributed by atoms with Crippen molar-refractivity contribution in [1.82, 2.24) is 5.32 Å². The lowest BCUT2D eigenvalue weighted by atomic mass is 9.78. The van der Waals surface area contributed by atoms with E-state index in [1.54, 1.807) is 7.05 Å². The number of ether oxygens (including phenoxy) is 1. The van der Waals surface area contributed by atoms with Gasteiger partial charge >= 0.3 is 5.97 Å². The molecule has 2 N–H and O–H groups in total. The standard InChI is InChI=1S/C18H25N3O5/c1-11-5-4-6-14(12(11)2)20-17(22)10-26-18(23)13-7-8-15(19-3)16(9-13)21(24)25/h7-9,11-12,14,19H,4-6,10H2,1-3H3,(H,20,22)/t11-,12+,14+/m0/s1. The van der Waals surface area contributed by atoms with Crippen LogP contribution in [-0.4, -0.2) is 36.5 Å². The van der Waals surface area contributed by atoms with Crippen LogP contribution in [-0.2, 0) is 9.53 Å². The first-order valence-electron chi connectivity index (χ1n) is 8.76. The van der Waals surface area contributed by atoms with Crippen LogP contribution in [0.5, 0.6) is 0 Å². The van der Waals surface area contributed by atoms with Gasteiger partial charge in [-0.2, -0.15) is 0 Å². The number of amides is 1. The minimum Gasteiger partial charge on any atom is -0.452 e. The van der Waals surface area contributed by atoms with Crippen LogP contribution in [0, 0.1) is 22.0 Å². The first-order chi connectivity index (χ1) is 12.3. The number of rotatable bonds is 6. The fraction of sp³-hybridized carbons (Fsp3) is 0.556. The van der Waals surface area contributed by atoms with E-state index in [2.05, 4.69) is 24.5 Å². The molecule has 0 bridgehead atoms. The van der Waals surface area contributed by atoms with Crippen molar-refractivity contribution in [3.05, 3.63) is 33.9 Å². The van der Waals surface area contributed by atoms with E-state index in [0.717, 1.165) is 25.3 Å². The molecule has 3 atom stereocenters. The summed E-state index contributed by atoms with van der Waals surface area (Å²) in [5.74, 6) is -0.204. The molecule has 1 aliphatic rings. The maximum absolute atomic E-state index is 12.1. The molecule has 0 saturated heterocycles. The molecule has 26 heavy (non-hydrogen) atoms. The summed E-state index contributed by atoms with van der Waals surface area (Å²) in [6, 6.07) is 4.07. The van der Waals surface area contributed by atoms with Gasteiger partial charge in [-0.05, 0) is 30.4 Å². The SMILES string of the molecule is CNc1ccc(C(=O)OCC(=O)N[C@@H]2CCC[C@H](C)[C@H]2C)cc1[N+](=O)[O-]. The van der Waals surface area contributed by atoms with E-state index in [4.69, 9.17) is 4.74 Å². The zero-order valence-corrected chi connectivity index (χ0v) is 15.3. The van der Waals surface area contributed by atoms with Gasteiger partial charge in [0.25, 0.3) is 11.6 Å². The maximum Gasteiger partial charge on any atom is 0.338 e. The lowest BCUT2D eigenvalue weighted by molar-refractivity contribution is -0.384. The summed E-state index contributed by atoms with van der Waals surface area (Å²) in [4.78, 5) is 34.6. The molecule has 0 spiro atoms. The van der Waals surface area contributed by atoms with Gasteiger partial charge in [0.15, 0.2) is 6.61 Å². The molecule has 0 radical (unpaired) electrons. The number of nitrogens with zero attached hydrogens (tertiary/aromatic N) is 1. The highest BCUT2D eigenvalue weighted by molar-refractivity contribution is 5.93. The maximum atomic E-state index is 12.1. The van der Waals surface area contributed by atoms with Crippen molar-refractivity contribution >= 4 is 23.3 Å². The van der Waals surface area contributed by atoms with Crippen LogP contribution in [0.15, 0.2) is 18.2 Å². The number of nitro benzene ring substituents is 1. The van der Waals surface area contributed by atoms with E-state index in [0.29, 0.717) is 17.5 Å². The van der Waals surface area contributed by atoms with Crippen molar-refractivity contribution in [1.29, 1.82) is 0 Å². The second-order valence-electron chi connectivity index (χ2n) is 6.76. The van der Waals surface area contributed by atoms with E-state index in [-0.39, 0.29) is 23.2 Å². The molecule has 1 amide bonds. The minimum absolute atomic E-state index is 0.0307. The van der Waals surface area contributed by atoms with Gasteiger partial charge in [-0.3, -0.25) is 14.9 Å². The largest absolute Gasteiger partial charge is 0.452 e. The van der Waals surface area contributed by atoms with Crippen molar-refractivity contribution in [2.75, 3.05) is 19.0 Å². The second kappa shape index (κ2) is 8.64. The van der Waals surface area contributed by atoms with E-state index in [1.807, 2.05) is 0 Å². The average molecular weight is 363 g/mol. The zero-order valence-electron chi connectivity index (χ0n) is 15.3. The van der Waals surface area contributed by atoms with Gasteiger partial charge in [-0.25, -0.2) is 4.79 Å². The minimum atomic E-state index is -0.768. The lowest BCUT2D eigenvalue weighted by Gasteiger charge is -2.34. The number of carbonyl (C=O) groups excluding carboxylic acids is 2. The number of hydrogen-bond acceptors (Lipinski definition) is 6. The molecule has 0 heterocycles. The highest BCUT2D eigenvalue weighted by atomic mass is 16.6. The molecule has 1 fully saturated rings. The fourth-order valence-corrected chi connectivity index (χ4v) is 3.27. The van der Waals surface area contributed by atoms with Gasteiger partial charge in [0.2, 0.25) is 0 Å². The number of benzene rings is 1. The summed E-state index contributed by atoms with van der Waals surface area (Å²) in [5, 5.41) is 16.7. The quantitative estimate of drug-likeness (QED) is 0.457. The Hall–Kier alpha value is -2.64. The summed E-state index contributed by atoms with van der Waals surface area (Å²) in [5.41, 5.74) is 0.101. The van der Waals surface area contributed by atoms with Gasteiger partial charge in [-0.1, -0.05) is 26.7 Å². The Morgan fingerprint density at radius 3 is 2.69 bits per heavy atom. The fourth-order valence-electron chi connectivity index (χ4n) is 3.27. The topological polar surface area (TPSA) is 111 Å². The zero-order chi connectivity index (χ0) is 19.3. The molecule has 1 aromatic carbocycles. The predicted octanol–water partition coefficient (Wildman–Crippen LogP) is 2.73. The summed E-state index contributed by atoms with van der Waals surface area (Å²) >= 11 is 0. The van der Waals surface area contributed by atoms with Crippen molar-refractivity contribution in [3.8, 4) is 0 Å². The third-order valence-electron chi connectivity index (χ3n) is 5.09. The normalized spacial score (nSPS) is 22.3. The number of nitro groups is 1. The van der Waals surface area contributed by atoms with Crippen molar-refractivity contribution < 1.29 is 19.2 Å². The highest BCUT2D eigenvalue weighted by Gasteiger charge is 2.28. The molecule has 0 aromatic heterocycles. The predicted molar refractivity (Wildman–Crippen MR) is 97.0 cm³/mol. The smallest absolute Gasteiger partial charge is 0.338 e. The lowest BCUT2D eigenvalue weighted by Crippen LogP contribution is -2.45. The van der Waals surface area contributed by atoms with Gasteiger partial charge in [-0.15, -0.1) is 0 Å². The van der Waals surface area contributed by atoms with Crippen LogP contribution < -0.4 is 10.6 Å². The number of hydrogen-bond donors (Lipinski definition) is 2. The Morgan fingerprint density at radius 1 is 1.31 bits per heavy atom. The van der Waals surface area contributed by atoms with E-state index >= 15 is 0 Å². The first-order valence-corrected chi connectivity index (χ1v) is 8.76. The Kier molecular flexibility index (Phi) is 6.54. The number of carbonyl (C=O) groups is 2. The number of anilines is 1. The third-order valence-corrected chi connectivity index (χ3v) is 5.09. The molecule has 142 valence electrons. The molecule has 8 heteroatoms. The van der Waals surface area contributed by atoms with Gasteiger partial charge in [0.05, 0.1) is 10.5 Å². The van der Waals surface area contributed by atoms with Crippen LogP contribution in [0.4, 0.5) is 11.4 Å². The van der Waals surface area contributed by atoms with Crippen LogP contribution in [0.25, 0.3) is 0 Å². The summed E-state index contributed by atoms with van der Waals surface area (Å²) in [7, 11) is 1.55. The van der Waals surface area contributed by atoms with Crippen LogP contribution >= 0.6 is 0 Å². The molecular weight excluding hydrogens is 338 g/mol. The van der Waals surface area contributed by atoms with Crippen LogP contribution in [0.2, 0.25) is 0 Å². The third kappa shape index (κ3) is 4.71. The van der Waals surface area contributed by atoms with E-state index in [9.17, 15) is 19.7 Å². The Bertz CT molecular complexity index is 691. The van der Waals surface area contributed by atoms with Gasteiger partial charge in [0, 0.05) is 19.2 Å². The number of esters is 1. The van der Waals surface area contributed by atoms with Crippen molar-refractivity contribution in [3.63, 3.8) is 0 Å². The first kappa shape index (κ1) is 19.7. The van der Waals surface area contributed by atoms with Crippen LogP contribution in [0.3, 0.4) is 0 Å². The van der Waals surface area contributed by atoms with E-state index < -0.39 is 17.5 Å². The molecular formula is C18H25N3O5. The van der Waals surface area contributed by atoms with Gasteiger partial charge in [0.1, 0.15) is 5.69 Å². The van der Waals surface area contributed by atoms with E-state index in [1.165, 1.54) is 12.1 Å². The van der Waals surface area contributed by atoms with Crippen molar-refractivity contribution in [2.45, 2.75) is 39.2 Å². The van der Waals surface area contributed by atoms with Gasteiger partial charge < -0.3 is 15.4 Å². The Balaban J connectivity index is 1.93. The molecule has 0 unspecified atom stereocenters. The molecule has 1 aromatic rings. The Labute approximate surface area is 152 Å². The van der Waals surface area contributed by atoms with Crippen LogP contribution in [0.1, 0.15) is 43.5 Å². The number of nitrogens with one attached hydrogen (secondary N) is 2. The molecule has 0 aliphatic heterocycles. The Morgan fingerprint density at radius 2 is 2.04 bits per heavy atom. The molecule has 8 nitrogen and oxygen atoms in total. The molecule has 2 rings (SSSR count). The molecule has 1 aliphatic carbocycles. The van der Waals surface area contributed by atoms with Crippen molar-refractivity contribution in [2.24, 2.45) is 11.8 Å². The summed E-state index contributed by atoms with van der Waals surface area (Å²) in [6.07, 6.45) is 3.14. The summed E-state index contributed by atoms with van der Waals surface area (Å²) < 4.78 is 5.01. The highest BCUT2D eigenvalue weighted by Crippen LogP contribution is 2.29.